The number of alkyl halides is 3. The molecule has 1 aromatic carbocycles. The fourth-order valence-electron chi connectivity index (χ4n) is 3.36. The minimum absolute atomic E-state index is 0.0100. The van der Waals surface area contributed by atoms with Gasteiger partial charge in [-0.05, 0) is 48.0 Å². The van der Waals surface area contributed by atoms with E-state index in [9.17, 15) is 13.2 Å². The summed E-state index contributed by atoms with van der Waals surface area (Å²) in [6.07, 6.45) is -2.51. The number of halogens is 3. The van der Waals surface area contributed by atoms with Crippen molar-refractivity contribution in [1.29, 1.82) is 0 Å². The number of benzene rings is 1. The van der Waals surface area contributed by atoms with Crippen LogP contribution in [0.4, 0.5) is 13.2 Å². The maximum absolute atomic E-state index is 13.9. The van der Waals surface area contributed by atoms with Crippen molar-refractivity contribution in [3.05, 3.63) is 45.5 Å². The van der Waals surface area contributed by atoms with E-state index in [2.05, 4.69) is 29.7 Å². The van der Waals surface area contributed by atoms with Gasteiger partial charge < -0.3 is 9.30 Å². The molecule has 0 saturated heterocycles. The maximum atomic E-state index is 13.9. The fourth-order valence-corrected chi connectivity index (χ4v) is 4.11. The smallest absolute Gasteiger partial charge is 0.361 e. The summed E-state index contributed by atoms with van der Waals surface area (Å²) in [5.74, 6) is 0.349. The Bertz CT molecular complexity index is 907. The van der Waals surface area contributed by atoms with Gasteiger partial charge in [-0.3, -0.25) is 0 Å². The molecule has 1 fully saturated rings. The number of aromatic nitrogens is 1. The molecular weight excluding hydrogens is 385 g/mol. The highest BCUT2D eigenvalue weighted by Crippen LogP contribution is 2.44. The first-order chi connectivity index (χ1) is 13.1. The Kier molecular flexibility index (Phi) is 5.79. The van der Waals surface area contributed by atoms with Crippen molar-refractivity contribution >= 4 is 19.0 Å². The number of hydrogen-bond acceptors (Lipinski definition) is 2. The van der Waals surface area contributed by atoms with Crippen molar-refractivity contribution in [2.24, 2.45) is 5.11 Å². The third-order valence-electron chi connectivity index (χ3n) is 5.03. The van der Waals surface area contributed by atoms with Crippen LogP contribution < -0.4 is 0 Å². The normalized spacial score (nSPS) is 15.1. The monoisotopic (exact) mass is 410 g/mol. The molecule has 152 valence electrons. The van der Waals surface area contributed by atoms with Crippen LogP contribution in [0.3, 0.4) is 0 Å². The van der Waals surface area contributed by atoms with E-state index in [-0.39, 0.29) is 24.4 Å². The van der Waals surface area contributed by atoms with Crippen molar-refractivity contribution < 1.29 is 17.9 Å². The molecule has 0 bridgehead atoms. The molecular formula is C19H25F3N4OSi. The second kappa shape index (κ2) is 7.81. The van der Waals surface area contributed by atoms with Gasteiger partial charge in [0, 0.05) is 30.7 Å². The number of hydrogen-bond donors (Lipinski definition) is 0. The average Bonchev–Trinajstić information content (AvgIpc) is 3.38. The van der Waals surface area contributed by atoms with E-state index in [1.165, 1.54) is 4.57 Å². The SMILES string of the molecule is C[Si](C)(C)CCOCn1c(CN=[N+]=[N-])c(C(F)(F)F)c2cc(C3CC3)ccc21. The van der Waals surface area contributed by atoms with Crippen LogP contribution in [0.25, 0.3) is 21.3 Å². The second-order valence-electron chi connectivity index (χ2n) is 8.54. The molecule has 9 heteroatoms. The van der Waals surface area contributed by atoms with Gasteiger partial charge >= 0.3 is 6.18 Å². The van der Waals surface area contributed by atoms with Crippen LogP contribution in [-0.2, 0) is 24.2 Å². The zero-order valence-electron chi connectivity index (χ0n) is 16.4. The van der Waals surface area contributed by atoms with Crippen LogP contribution in [0.2, 0.25) is 25.7 Å². The first kappa shape index (κ1) is 20.8. The summed E-state index contributed by atoms with van der Waals surface area (Å²) >= 11 is 0. The van der Waals surface area contributed by atoms with E-state index in [4.69, 9.17) is 10.3 Å². The number of ether oxygens (including phenoxy) is 1. The average molecular weight is 411 g/mol. The number of fused-ring (bicyclic) bond motifs is 1. The molecule has 1 heterocycles. The van der Waals surface area contributed by atoms with Crippen LogP contribution >= 0.6 is 0 Å². The predicted molar refractivity (Wildman–Crippen MR) is 106 cm³/mol. The molecule has 0 spiro atoms. The molecule has 1 saturated carbocycles. The molecule has 0 amide bonds. The van der Waals surface area contributed by atoms with Gasteiger partial charge in [-0.15, -0.1) is 0 Å². The third-order valence-corrected chi connectivity index (χ3v) is 6.73. The lowest BCUT2D eigenvalue weighted by atomic mass is 10.0. The lowest BCUT2D eigenvalue weighted by Crippen LogP contribution is -2.22. The fraction of sp³-hybridized carbons (Fsp3) is 0.579. The Morgan fingerprint density at radius 3 is 2.57 bits per heavy atom. The Hall–Kier alpha value is -1.96. The molecule has 0 N–H and O–H groups in total. The van der Waals surface area contributed by atoms with Gasteiger partial charge in [-0.2, -0.15) is 13.2 Å². The summed E-state index contributed by atoms with van der Waals surface area (Å²) in [5, 5.41) is 3.58. The molecule has 2 aromatic rings. The third kappa shape index (κ3) is 4.71. The summed E-state index contributed by atoms with van der Waals surface area (Å²) < 4.78 is 49.0. The maximum Gasteiger partial charge on any atom is 0.418 e. The number of azide groups is 1. The zero-order chi connectivity index (χ0) is 20.5. The molecule has 0 unspecified atom stereocenters. The molecule has 1 aromatic heterocycles. The van der Waals surface area contributed by atoms with E-state index in [0.717, 1.165) is 24.4 Å². The molecule has 1 aliphatic rings. The van der Waals surface area contributed by atoms with E-state index in [0.29, 0.717) is 18.0 Å². The zero-order valence-corrected chi connectivity index (χ0v) is 17.4. The highest BCUT2D eigenvalue weighted by atomic mass is 28.3. The highest BCUT2D eigenvalue weighted by Gasteiger charge is 2.39. The summed E-state index contributed by atoms with van der Waals surface area (Å²) in [7, 11) is -1.30. The van der Waals surface area contributed by atoms with Crippen LogP contribution in [-0.4, -0.2) is 19.2 Å². The molecule has 0 atom stereocenters. The molecule has 0 radical (unpaired) electrons. The predicted octanol–water partition coefficient (Wildman–Crippen LogP) is 6.66. The Labute approximate surface area is 163 Å². The number of rotatable bonds is 8. The van der Waals surface area contributed by atoms with Crippen LogP contribution in [0.15, 0.2) is 23.3 Å². The minimum Gasteiger partial charge on any atom is -0.361 e. The summed E-state index contributed by atoms with van der Waals surface area (Å²) in [6.45, 7) is 6.80. The molecule has 5 nitrogen and oxygen atoms in total. The van der Waals surface area contributed by atoms with Crippen molar-refractivity contribution in [3.8, 4) is 0 Å². The molecule has 0 aliphatic heterocycles. The quantitative estimate of drug-likeness (QED) is 0.158. The van der Waals surface area contributed by atoms with Crippen LogP contribution in [0.5, 0.6) is 0 Å². The lowest BCUT2D eigenvalue weighted by molar-refractivity contribution is -0.137. The first-order valence-corrected chi connectivity index (χ1v) is 13.1. The standard InChI is InChI=1S/C19H25F3N4OSi/c1-28(2,3)9-8-27-12-26-16-7-6-14(13-4-5-13)10-15(16)18(19(20,21)22)17(26)11-24-25-23/h6-7,10,13H,4-5,8-9,11-12H2,1-3H3. The largest absolute Gasteiger partial charge is 0.418 e. The van der Waals surface area contributed by atoms with Crippen molar-refractivity contribution in [2.45, 2.75) is 63.9 Å². The van der Waals surface area contributed by atoms with Crippen molar-refractivity contribution in [1.82, 2.24) is 4.57 Å². The Morgan fingerprint density at radius 1 is 1.29 bits per heavy atom. The van der Waals surface area contributed by atoms with E-state index >= 15 is 0 Å². The molecule has 3 rings (SSSR count). The summed E-state index contributed by atoms with van der Waals surface area (Å²) in [5.41, 5.74) is 9.30. The van der Waals surface area contributed by atoms with E-state index in [1.807, 2.05) is 6.07 Å². The van der Waals surface area contributed by atoms with Gasteiger partial charge in [0.1, 0.15) is 6.73 Å². The second-order valence-corrected chi connectivity index (χ2v) is 14.2. The highest BCUT2D eigenvalue weighted by molar-refractivity contribution is 6.76. The minimum atomic E-state index is -4.54. The lowest BCUT2D eigenvalue weighted by Gasteiger charge is -2.17. The van der Waals surface area contributed by atoms with Gasteiger partial charge in [0.05, 0.1) is 17.6 Å². The summed E-state index contributed by atoms with van der Waals surface area (Å²) in [6, 6.07) is 6.21. The van der Waals surface area contributed by atoms with Crippen LogP contribution in [0, 0.1) is 0 Å². The number of nitrogens with zero attached hydrogens (tertiary/aromatic N) is 4. The van der Waals surface area contributed by atoms with E-state index < -0.39 is 19.8 Å². The molecule has 28 heavy (non-hydrogen) atoms. The van der Waals surface area contributed by atoms with Crippen molar-refractivity contribution in [3.63, 3.8) is 0 Å². The van der Waals surface area contributed by atoms with Gasteiger partial charge in [0.2, 0.25) is 0 Å². The summed E-state index contributed by atoms with van der Waals surface area (Å²) in [4.78, 5) is 2.66. The molecule has 1 aliphatic carbocycles. The van der Waals surface area contributed by atoms with E-state index in [1.54, 1.807) is 12.1 Å². The van der Waals surface area contributed by atoms with Gasteiger partial charge in [-0.25, -0.2) is 0 Å². The first-order valence-electron chi connectivity index (χ1n) is 9.42. The Morgan fingerprint density at radius 2 is 2.00 bits per heavy atom. The van der Waals surface area contributed by atoms with Gasteiger partial charge in [0.25, 0.3) is 0 Å². The topological polar surface area (TPSA) is 62.9 Å². The van der Waals surface area contributed by atoms with Gasteiger partial charge in [-0.1, -0.05) is 30.8 Å². The van der Waals surface area contributed by atoms with Gasteiger partial charge in [0.15, 0.2) is 0 Å². The Balaban J connectivity index is 2.04. The van der Waals surface area contributed by atoms with Crippen molar-refractivity contribution in [2.75, 3.05) is 6.61 Å². The van der Waals surface area contributed by atoms with Crippen LogP contribution in [0.1, 0.15) is 35.6 Å².